The minimum Gasteiger partial charge on any atom is -0.341 e. The molecular weight excluding hydrogens is 236 g/mol. The smallest absolute Gasteiger partial charge is 0.239 e. The molecule has 4 heteroatoms. The number of hydrogen-bond acceptors (Lipinski definition) is 2. The van der Waals surface area contributed by atoms with Crippen LogP contribution in [-0.4, -0.2) is 29.9 Å². The number of nitrogens with two attached hydrogens (primary N) is 1. The number of halogens is 1. The molecular formula is C13H27ClN2O. The first-order valence-corrected chi connectivity index (χ1v) is 6.73. The third-order valence-corrected chi connectivity index (χ3v) is 3.65. The first-order valence-electron chi connectivity index (χ1n) is 6.73. The molecule has 3 nitrogen and oxygen atoms in total. The van der Waals surface area contributed by atoms with Gasteiger partial charge in [-0.05, 0) is 31.6 Å². The second-order valence-electron chi connectivity index (χ2n) is 4.93. The lowest BCUT2D eigenvalue weighted by Gasteiger charge is -2.24. The molecule has 0 aliphatic carbocycles. The summed E-state index contributed by atoms with van der Waals surface area (Å²) in [6.45, 7) is 6.13. The van der Waals surface area contributed by atoms with E-state index >= 15 is 0 Å². The van der Waals surface area contributed by atoms with Gasteiger partial charge in [0.2, 0.25) is 5.91 Å². The summed E-state index contributed by atoms with van der Waals surface area (Å²) in [5.74, 6) is 0.971. The summed E-state index contributed by atoms with van der Waals surface area (Å²) in [5, 5.41) is 0. The summed E-state index contributed by atoms with van der Waals surface area (Å²) in [5.41, 5.74) is 5.89. The van der Waals surface area contributed by atoms with Gasteiger partial charge in [0.1, 0.15) is 0 Å². The molecule has 1 rings (SSSR count). The monoisotopic (exact) mass is 262 g/mol. The summed E-state index contributed by atoms with van der Waals surface area (Å²) < 4.78 is 0. The average Bonchev–Trinajstić information content (AvgIpc) is 2.53. The maximum atomic E-state index is 12.0. The predicted octanol–water partition coefficient (Wildman–Crippen LogP) is 2.57. The SMILES string of the molecule is CCCC(N)C(=O)N1CCCC(CC)CC1.Cl. The van der Waals surface area contributed by atoms with Crippen LogP contribution < -0.4 is 5.73 Å². The molecule has 102 valence electrons. The number of nitrogens with zero attached hydrogens (tertiary/aromatic N) is 1. The van der Waals surface area contributed by atoms with E-state index in [2.05, 4.69) is 13.8 Å². The van der Waals surface area contributed by atoms with Crippen molar-refractivity contribution in [2.24, 2.45) is 11.7 Å². The molecule has 17 heavy (non-hydrogen) atoms. The van der Waals surface area contributed by atoms with E-state index in [0.717, 1.165) is 44.7 Å². The molecule has 1 aliphatic rings. The Morgan fingerprint density at radius 2 is 2.06 bits per heavy atom. The van der Waals surface area contributed by atoms with Crippen LogP contribution in [0.5, 0.6) is 0 Å². The maximum absolute atomic E-state index is 12.0. The van der Waals surface area contributed by atoms with Crippen molar-refractivity contribution in [3.05, 3.63) is 0 Å². The molecule has 0 saturated carbocycles. The Balaban J connectivity index is 0.00000256. The summed E-state index contributed by atoms with van der Waals surface area (Å²) in [4.78, 5) is 14.0. The topological polar surface area (TPSA) is 46.3 Å². The van der Waals surface area contributed by atoms with Crippen LogP contribution in [0.3, 0.4) is 0 Å². The van der Waals surface area contributed by atoms with Gasteiger partial charge in [-0.3, -0.25) is 4.79 Å². The van der Waals surface area contributed by atoms with Crippen LogP contribution in [-0.2, 0) is 4.79 Å². The Morgan fingerprint density at radius 3 is 2.65 bits per heavy atom. The van der Waals surface area contributed by atoms with Crippen molar-refractivity contribution in [2.45, 2.75) is 58.4 Å². The highest BCUT2D eigenvalue weighted by Crippen LogP contribution is 2.20. The highest BCUT2D eigenvalue weighted by atomic mass is 35.5. The molecule has 2 N–H and O–H groups in total. The lowest BCUT2D eigenvalue weighted by atomic mass is 9.98. The second-order valence-corrected chi connectivity index (χ2v) is 4.93. The van der Waals surface area contributed by atoms with Crippen molar-refractivity contribution < 1.29 is 4.79 Å². The van der Waals surface area contributed by atoms with E-state index < -0.39 is 0 Å². The molecule has 0 aromatic rings. The van der Waals surface area contributed by atoms with Gasteiger partial charge in [0.15, 0.2) is 0 Å². The molecule has 1 heterocycles. The standard InChI is InChI=1S/C13H26N2O.ClH/c1-3-6-12(14)13(16)15-9-5-7-11(4-2)8-10-15;/h11-12H,3-10,14H2,1-2H3;1H. The number of amides is 1. The zero-order valence-corrected chi connectivity index (χ0v) is 12.0. The van der Waals surface area contributed by atoms with Gasteiger partial charge in [-0.1, -0.05) is 26.7 Å². The normalized spacial score (nSPS) is 22.5. The van der Waals surface area contributed by atoms with Crippen LogP contribution >= 0.6 is 12.4 Å². The average molecular weight is 263 g/mol. The van der Waals surface area contributed by atoms with E-state index in [0.29, 0.717) is 0 Å². The van der Waals surface area contributed by atoms with Crippen molar-refractivity contribution in [3.63, 3.8) is 0 Å². The Kier molecular flexibility index (Phi) is 8.61. The number of hydrogen-bond donors (Lipinski definition) is 1. The molecule has 1 aliphatic heterocycles. The third-order valence-electron chi connectivity index (χ3n) is 3.65. The molecule has 2 unspecified atom stereocenters. The zero-order chi connectivity index (χ0) is 12.0. The minimum atomic E-state index is -0.275. The molecule has 0 bridgehead atoms. The van der Waals surface area contributed by atoms with Crippen molar-refractivity contribution >= 4 is 18.3 Å². The number of carbonyl (C=O) groups excluding carboxylic acids is 1. The Hall–Kier alpha value is -0.280. The third kappa shape index (κ3) is 5.26. The molecule has 1 saturated heterocycles. The molecule has 2 atom stereocenters. The summed E-state index contributed by atoms with van der Waals surface area (Å²) in [6.07, 6.45) is 6.60. The van der Waals surface area contributed by atoms with Crippen LogP contribution in [0.15, 0.2) is 0 Å². The largest absolute Gasteiger partial charge is 0.341 e. The first-order chi connectivity index (χ1) is 7.69. The van der Waals surface area contributed by atoms with Gasteiger partial charge in [0, 0.05) is 13.1 Å². The second kappa shape index (κ2) is 8.76. The number of carbonyl (C=O) groups is 1. The quantitative estimate of drug-likeness (QED) is 0.847. The molecule has 0 spiro atoms. The maximum Gasteiger partial charge on any atom is 0.239 e. The van der Waals surface area contributed by atoms with Crippen LogP contribution in [0.4, 0.5) is 0 Å². The van der Waals surface area contributed by atoms with E-state index in [9.17, 15) is 4.79 Å². The van der Waals surface area contributed by atoms with Crippen LogP contribution in [0.2, 0.25) is 0 Å². The highest BCUT2D eigenvalue weighted by Gasteiger charge is 2.23. The van der Waals surface area contributed by atoms with Gasteiger partial charge < -0.3 is 10.6 Å². The first kappa shape index (κ1) is 16.7. The van der Waals surface area contributed by atoms with Gasteiger partial charge in [-0.15, -0.1) is 12.4 Å². The molecule has 0 radical (unpaired) electrons. The van der Waals surface area contributed by atoms with Crippen LogP contribution in [0.1, 0.15) is 52.4 Å². The van der Waals surface area contributed by atoms with Gasteiger partial charge in [0.05, 0.1) is 6.04 Å². The van der Waals surface area contributed by atoms with Crippen molar-refractivity contribution in [1.82, 2.24) is 4.90 Å². The fourth-order valence-corrected chi connectivity index (χ4v) is 2.46. The van der Waals surface area contributed by atoms with Crippen molar-refractivity contribution in [3.8, 4) is 0 Å². The fraction of sp³-hybridized carbons (Fsp3) is 0.923. The Bertz CT molecular complexity index is 223. The van der Waals surface area contributed by atoms with Gasteiger partial charge in [-0.2, -0.15) is 0 Å². The number of likely N-dealkylation sites (tertiary alicyclic amines) is 1. The van der Waals surface area contributed by atoms with E-state index in [1.54, 1.807) is 0 Å². The van der Waals surface area contributed by atoms with Gasteiger partial charge >= 0.3 is 0 Å². The summed E-state index contributed by atoms with van der Waals surface area (Å²) >= 11 is 0. The van der Waals surface area contributed by atoms with Gasteiger partial charge in [-0.25, -0.2) is 0 Å². The minimum absolute atomic E-state index is 0. The summed E-state index contributed by atoms with van der Waals surface area (Å²) in [6, 6.07) is -0.275. The Labute approximate surface area is 112 Å². The molecule has 0 aromatic carbocycles. The zero-order valence-electron chi connectivity index (χ0n) is 11.2. The molecule has 1 amide bonds. The summed E-state index contributed by atoms with van der Waals surface area (Å²) in [7, 11) is 0. The van der Waals surface area contributed by atoms with E-state index in [4.69, 9.17) is 5.73 Å². The molecule has 0 aromatic heterocycles. The van der Waals surface area contributed by atoms with Crippen molar-refractivity contribution in [1.29, 1.82) is 0 Å². The lowest BCUT2D eigenvalue weighted by molar-refractivity contribution is -0.132. The predicted molar refractivity (Wildman–Crippen MR) is 74.3 cm³/mol. The van der Waals surface area contributed by atoms with Crippen molar-refractivity contribution in [2.75, 3.05) is 13.1 Å². The fourth-order valence-electron chi connectivity index (χ4n) is 2.46. The van der Waals surface area contributed by atoms with Crippen LogP contribution in [0.25, 0.3) is 0 Å². The molecule has 1 fully saturated rings. The lowest BCUT2D eigenvalue weighted by Crippen LogP contribution is -2.44. The highest BCUT2D eigenvalue weighted by molar-refractivity contribution is 5.85. The van der Waals surface area contributed by atoms with E-state index in [1.807, 2.05) is 4.90 Å². The van der Waals surface area contributed by atoms with E-state index in [-0.39, 0.29) is 24.4 Å². The number of rotatable bonds is 4. The Morgan fingerprint density at radius 1 is 1.35 bits per heavy atom. The van der Waals surface area contributed by atoms with Crippen LogP contribution in [0, 0.1) is 5.92 Å². The van der Waals surface area contributed by atoms with E-state index in [1.165, 1.54) is 12.8 Å². The van der Waals surface area contributed by atoms with Gasteiger partial charge in [0.25, 0.3) is 0 Å².